The van der Waals surface area contributed by atoms with Crippen molar-refractivity contribution >= 4 is 5.91 Å². The largest absolute Gasteiger partial charge is 0.336 e. The Morgan fingerprint density at radius 1 is 1.11 bits per heavy atom. The lowest BCUT2D eigenvalue weighted by Crippen LogP contribution is -2.33. The zero-order valence-electron chi connectivity index (χ0n) is 15.7. The normalized spacial score (nSPS) is 14.3. The number of benzene rings is 1. The van der Waals surface area contributed by atoms with Crippen LogP contribution in [-0.2, 0) is 19.4 Å². The Balaban J connectivity index is 1.47. The molecule has 7 heteroatoms. The lowest BCUT2D eigenvalue weighted by atomic mass is 10.1. The lowest BCUT2D eigenvalue weighted by molar-refractivity contribution is 0.0758. The lowest BCUT2D eigenvalue weighted by Gasteiger charge is -2.19. The number of hydrogen-bond donors (Lipinski definition) is 0. The quantitative estimate of drug-likeness (QED) is 0.713. The molecule has 0 unspecified atom stereocenters. The molecule has 1 aliphatic rings. The van der Waals surface area contributed by atoms with Gasteiger partial charge in [-0.2, -0.15) is 5.10 Å². The molecule has 7 nitrogen and oxygen atoms in total. The maximum Gasteiger partial charge on any atom is 0.257 e. The minimum atomic E-state index is 0.0326. The van der Waals surface area contributed by atoms with Crippen LogP contribution in [0.3, 0.4) is 0 Å². The van der Waals surface area contributed by atoms with Crippen LogP contribution in [0.5, 0.6) is 0 Å². The van der Waals surface area contributed by atoms with Gasteiger partial charge in [-0.15, -0.1) is 10.2 Å². The van der Waals surface area contributed by atoms with Gasteiger partial charge in [-0.1, -0.05) is 30.3 Å². The Labute approximate surface area is 158 Å². The molecule has 4 rings (SSSR count). The van der Waals surface area contributed by atoms with Crippen LogP contribution >= 0.6 is 0 Å². The zero-order chi connectivity index (χ0) is 18.8. The van der Waals surface area contributed by atoms with Crippen LogP contribution in [0.25, 0.3) is 0 Å². The number of nitrogens with zero attached hydrogens (tertiary/aromatic N) is 6. The summed E-state index contributed by atoms with van der Waals surface area (Å²) in [6.45, 7) is 6.11. The SMILES string of the molecule is CC(C)n1cc(C(=O)N2CCc3nnc(Cc4ccccc4)n3CC2)cn1. The van der Waals surface area contributed by atoms with Crippen LogP contribution in [0.15, 0.2) is 42.7 Å². The van der Waals surface area contributed by atoms with Gasteiger partial charge in [0.2, 0.25) is 0 Å². The summed E-state index contributed by atoms with van der Waals surface area (Å²) in [7, 11) is 0. The summed E-state index contributed by atoms with van der Waals surface area (Å²) in [6.07, 6.45) is 4.96. The van der Waals surface area contributed by atoms with Gasteiger partial charge in [0.15, 0.2) is 0 Å². The average molecular weight is 364 g/mol. The number of fused-ring (bicyclic) bond motifs is 1. The van der Waals surface area contributed by atoms with Crippen molar-refractivity contribution in [2.75, 3.05) is 13.1 Å². The molecule has 3 aromatic rings. The summed E-state index contributed by atoms with van der Waals surface area (Å²) in [5.41, 5.74) is 1.86. The summed E-state index contributed by atoms with van der Waals surface area (Å²) in [6, 6.07) is 10.5. The van der Waals surface area contributed by atoms with Gasteiger partial charge in [0.05, 0.1) is 11.8 Å². The molecule has 140 valence electrons. The fourth-order valence-electron chi connectivity index (χ4n) is 3.41. The molecule has 0 saturated carbocycles. The highest BCUT2D eigenvalue weighted by Crippen LogP contribution is 2.15. The van der Waals surface area contributed by atoms with Gasteiger partial charge < -0.3 is 9.47 Å². The van der Waals surface area contributed by atoms with Gasteiger partial charge >= 0.3 is 0 Å². The fraction of sp³-hybridized carbons (Fsp3) is 0.400. The fourth-order valence-corrected chi connectivity index (χ4v) is 3.41. The second kappa shape index (κ2) is 7.34. The van der Waals surface area contributed by atoms with Crippen molar-refractivity contribution in [3.05, 3.63) is 65.5 Å². The summed E-state index contributed by atoms with van der Waals surface area (Å²) >= 11 is 0. The van der Waals surface area contributed by atoms with E-state index < -0.39 is 0 Å². The molecule has 0 atom stereocenters. The van der Waals surface area contributed by atoms with Crippen molar-refractivity contribution < 1.29 is 4.79 Å². The highest BCUT2D eigenvalue weighted by atomic mass is 16.2. The summed E-state index contributed by atoms with van der Waals surface area (Å²) in [5.74, 6) is 1.94. The number of rotatable bonds is 4. The topological polar surface area (TPSA) is 68.8 Å². The van der Waals surface area contributed by atoms with Gasteiger partial charge in [-0.25, -0.2) is 0 Å². The number of hydrogen-bond acceptors (Lipinski definition) is 4. The second-order valence-electron chi connectivity index (χ2n) is 7.19. The average Bonchev–Trinajstić information content (AvgIpc) is 3.25. The zero-order valence-corrected chi connectivity index (χ0v) is 15.7. The monoisotopic (exact) mass is 364 g/mol. The van der Waals surface area contributed by atoms with Crippen molar-refractivity contribution in [3.8, 4) is 0 Å². The first kappa shape index (κ1) is 17.5. The molecule has 0 radical (unpaired) electrons. The Morgan fingerprint density at radius 2 is 1.93 bits per heavy atom. The highest BCUT2D eigenvalue weighted by molar-refractivity contribution is 5.93. The van der Waals surface area contributed by atoms with E-state index in [4.69, 9.17) is 0 Å². The van der Waals surface area contributed by atoms with Gasteiger partial charge in [0.1, 0.15) is 11.6 Å². The molecule has 0 aliphatic carbocycles. The smallest absolute Gasteiger partial charge is 0.257 e. The van der Waals surface area contributed by atoms with Crippen LogP contribution in [-0.4, -0.2) is 48.4 Å². The van der Waals surface area contributed by atoms with Gasteiger partial charge in [0, 0.05) is 44.7 Å². The molecular formula is C20H24N6O. The molecular weight excluding hydrogens is 340 g/mol. The van der Waals surface area contributed by atoms with E-state index in [1.165, 1.54) is 5.56 Å². The van der Waals surface area contributed by atoms with E-state index in [2.05, 4.69) is 32.0 Å². The minimum absolute atomic E-state index is 0.0326. The first-order chi connectivity index (χ1) is 13.1. The minimum Gasteiger partial charge on any atom is -0.336 e. The van der Waals surface area contributed by atoms with Crippen molar-refractivity contribution in [1.82, 2.24) is 29.4 Å². The predicted octanol–water partition coefficient (Wildman–Crippen LogP) is 2.34. The Bertz CT molecular complexity index is 927. The van der Waals surface area contributed by atoms with E-state index in [9.17, 15) is 4.79 Å². The Hall–Kier alpha value is -2.96. The van der Waals surface area contributed by atoms with Crippen molar-refractivity contribution in [2.45, 2.75) is 39.3 Å². The molecule has 1 amide bonds. The van der Waals surface area contributed by atoms with E-state index in [0.717, 1.165) is 18.1 Å². The predicted molar refractivity (Wildman–Crippen MR) is 101 cm³/mol. The Kier molecular flexibility index (Phi) is 4.75. The molecule has 3 heterocycles. The Morgan fingerprint density at radius 3 is 2.67 bits per heavy atom. The first-order valence-electron chi connectivity index (χ1n) is 9.40. The van der Waals surface area contributed by atoms with E-state index in [1.54, 1.807) is 6.20 Å². The third kappa shape index (κ3) is 3.63. The van der Waals surface area contributed by atoms with Crippen LogP contribution < -0.4 is 0 Å². The van der Waals surface area contributed by atoms with Gasteiger partial charge in [0.25, 0.3) is 5.91 Å². The second-order valence-corrected chi connectivity index (χ2v) is 7.19. The van der Waals surface area contributed by atoms with Crippen LogP contribution in [0.2, 0.25) is 0 Å². The van der Waals surface area contributed by atoms with E-state index in [-0.39, 0.29) is 11.9 Å². The molecule has 0 bridgehead atoms. The molecule has 0 spiro atoms. The number of carbonyl (C=O) groups excluding carboxylic acids is 1. The van der Waals surface area contributed by atoms with Gasteiger partial charge in [-0.3, -0.25) is 9.48 Å². The van der Waals surface area contributed by atoms with E-state index in [1.807, 2.05) is 47.8 Å². The summed E-state index contributed by atoms with van der Waals surface area (Å²) in [5, 5.41) is 13.0. The molecule has 27 heavy (non-hydrogen) atoms. The van der Waals surface area contributed by atoms with Crippen molar-refractivity contribution in [3.63, 3.8) is 0 Å². The molecule has 0 fully saturated rings. The van der Waals surface area contributed by atoms with E-state index >= 15 is 0 Å². The molecule has 0 N–H and O–H groups in total. The molecule has 2 aromatic heterocycles. The maximum absolute atomic E-state index is 12.9. The standard InChI is InChI=1S/C20H24N6O/c1-15(2)26-14-17(13-21-26)20(27)24-9-8-18-22-23-19(25(18)11-10-24)12-16-6-4-3-5-7-16/h3-7,13-15H,8-12H2,1-2H3. The van der Waals surface area contributed by atoms with Crippen molar-refractivity contribution in [2.24, 2.45) is 0 Å². The third-order valence-corrected chi connectivity index (χ3v) is 4.97. The molecule has 1 aromatic carbocycles. The number of aromatic nitrogens is 5. The number of carbonyl (C=O) groups is 1. The third-order valence-electron chi connectivity index (χ3n) is 4.97. The van der Waals surface area contributed by atoms with Crippen LogP contribution in [0.1, 0.15) is 47.5 Å². The highest BCUT2D eigenvalue weighted by Gasteiger charge is 2.23. The summed E-state index contributed by atoms with van der Waals surface area (Å²) < 4.78 is 3.98. The summed E-state index contributed by atoms with van der Waals surface area (Å²) in [4.78, 5) is 14.8. The maximum atomic E-state index is 12.9. The first-order valence-corrected chi connectivity index (χ1v) is 9.40. The molecule has 0 saturated heterocycles. The van der Waals surface area contributed by atoms with Gasteiger partial charge in [-0.05, 0) is 19.4 Å². The number of amides is 1. The van der Waals surface area contributed by atoms with Crippen molar-refractivity contribution in [1.29, 1.82) is 0 Å². The van der Waals surface area contributed by atoms with Crippen LogP contribution in [0, 0.1) is 0 Å². The van der Waals surface area contributed by atoms with E-state index in [0.29, 0.717) is 31.6 Å². The van der Waals surface area contributed by atoms with Crippen LogP contribution in [0.4, 0.5) is 0 Å². The molecule has 1 aliphatic heterocycles.